The lowest BCUT2D eigenvalue weighted by Gasteiger charge is -2.33. The van der Waals surface area contributed by atoms with Gasteiger partial charge in [-0.15, -0.1) is 11.3 Å². The van der Waals surface area contributed by atoms with Gasteiger partial charge in [-0.2, -0.15) is 0 Å². The number of nitrogens with two attached hydrogens (primary N) is 1. The summed E-state index contributed by atoms with van der Waals surface area (Å²) in [6.45, 7) is 1.46. The average molecular weight is 440 g/mol. The highest BCUT2D eigenvalue weighted by molar-refractivity contribution is 7.20. The van der Waals surface area contributed by atoms with Gasteiger partial charge in [0.1, 0.15) is 0 Å². The summed E-state index contributed by atoms with van der Waals surface area (Å²) >= 11 is 8.01. The lowest BCUT2D eigenvalue weighted by atomic mass is 9.96. The SMILES string of the molecule is NC(=O)C1CCN(c2ccccc2NC(=O)/C=C/c2sc3ccccc3c2Cl)CC1. The van der Waals surface area contributed by atoms with Crippen LogP contribution in [0.2, 0.25) is 5.02 Å². The first kappa shape index (κ1) is 20.4. The second kappa shape index (κ2) is 8.90. The summed E-state index contributed by atoms with van der Waals surface area (Å²) in [5.41, 5.74) is 7.12. The number of hydrogen-bond donors (Lipinski definition) is 2. The van der Waals surface area contributed by atoms with Crippen LogP contribution in [0, 0.1) is 5.92 Å². The number of para-hydroxylation sites is 2. The Morgan fingerprint density at radius 1 is 1.10 bits per heavy atom. The molecule has 0 bridgehead atoms. The van der Waals surface area contributed by atoms with Crippen LogP contribution in [0.3, 0.4) is 0 Å². The molecule has 30 heavy (non-hydrogen) atoms. The number of carbonyl (C=O) groups excluding carboxylic acids is 2. The molecular formula is C23H22ClN3O2S. The molecule has 0 spiro atoms. The molecule has 3 N–H and O–H groups in total. The van der Waals surface area contributed by atoms with Crippen LogP contribution in [0.1, 0.15) is 17.7 Å². The molecule has 5 nitrogen and oxygen atoms in total. The van der Waals surface area contributed by atoms with E-state index in [1.807, 2.05) is 48.5 Å². The maximum atomic E-state index is 12.6. The fourth-order valence-corrected chi connectivity index (χ4v) is 5.12. The summed E-state index contributed by atoms with van der Waals surface area (Å²) in [6, 6.07) is 15.6. The summed E-state index contributed by atoms with van der Waals surface area (Å²) in [7, 11) is 0. The fourth-order valence-electron chi connectivity index (χ4n) is 3.73. The summed E-state index contributed by atoms with van der Waals surface area (Å²) in [4.78, 5) is 27.0. The highest BCUT2D eigenvalue weighted by atomic mass is 35.5. The summed E-state index contributed by atoms with van der Waals surface area (Å²) in [5, 5.41) is 4.63. The third-order valence-electron chi connectivity index (χ3n) is 5.35. The molecule has 7 heteroatoms. The number of rotatable bonds is 5. The van der Waals surface area contributed by atoms with Crippen LogP contribution in [0.25, 0.3) is 16.2 Å². The number of fused-ring (bicyclic) bond motifs is 1. The van der Waals surface area contributed by atoms with Gasteiger partial charge in [-0.3, -0.25) is 9.59 Å². The van der Waals surface area contributed by atoms with E-state index >= 15 is 0 Å². The molecule has 4 rings (SSSR count). The molecular weight excluding hydrogens is 418 g/mol. The zero-order chi connectivity index (χ0) is 21.1. The molecule has 2 aromatic carbocycles. The zero-order valence-corrected chi connectivity index (χ0v) is 17.9. The first-order valence-electron chi connectivity index (χ1n) is 9.82. The number of primary amides is 1. The molecule has 1 saturated heterocycles. The Balaban J connectivity index is 1.47. The van der Waals surface area contributed by atoms with Crippen LogP contribution in [-0.2, 0) is 9.59 Å². The Hall–Kier alpha value is -2.83. The van der Waals surface area contributed by atoms with Crippen LogP contribution in [-0.4, -0.2) is 24.9 Å². The van der Waals surface area contributed by atoms with Gasteiger partial charge in [0, 0.05) is 40.0 Å². The summed E-state index contributed by atoms with van der Waals surface area (Å²) in [6.07, 6.45) is 4.71. The maximum Gasteiger partial charge on any atom is 0.248 e. The molecule has 1 aliphatic heterocycles. The first-order chi connectivity index (χ1) is 14.5. The Kier molecular flexibility index (Phi) is 6.06. The van der Waals surface area contributed by atoms with Crippen molar-refractivity contribution >= 4 is 62.3 Å². The number of hydrogen-bond acceptors (Lipinski definition) is 4. The van der Waals surface area contributed by atoms with E-state index in [-0.39, 0.29) is 17.7 Å². The molecule has 154 valence electrons. The van der Waals surface area contributed by atoms with Gasteiger partial charge in [-0.25, -0.2) is 0 Å². The Morgan fingerprint density at radius 3 is 2.53 bits per heavy atom. The molecule has 2 amide bonds. The number of anilines is 2. The van der Waals surface area contributed by atoms with Crippen LogP contribution in [0.5, 0.6) is 0 Å². The van der Waals surface area contributed by atoms with E-state index in [0.29, 0.717) is 5.02 Å². The van der Waals surface area contributed by atoms with Crippen molar-refractivity contribution in [1.29, 1.82) is 0 Å². The third kappa shape index (κ3) is 4.35. The number of halogens is 1. The minimum atomic E-state index is -0.235. The quantitative estimate of drug-likeness (QED) is 0.554. The smallest absolute Gasteiger partial charge is 0.248 e. The van der Waals surface area contributed by atoms with Crippen molar-refractivity contribution in [2.75, 3.05) is 23.3 Å². The molecule has 0 radical (unpaired) electrons. The molecule has 1 aliphatic rings. The highest BCUT2D eigenvalue weighted by Crippen LogP contribution is 2.36. The van der Waals surface area contributed by atoms with E-state index in [1.54, 1.807) is 17.4 Å². The number of piperidine rings is 1. The molecule has 1 fully saturated rings. The number of thiophene rings is 1. The lowest BCUT2D eigenvalue weighted by molar-refractivity contribution is -0.122. The minimum absolute atomic E-state index is 0.0722. The van der Waals surface area contributed by atoms with Crippen LogP contribution >= 0.6 is 22.9 Å². The van der Waals surface area contributed by atoms with E-state index < -0.39 is 0 Å². The number of nitrogens with one attached hydrogen (secondary N) is 1. The zero-order valence-electron chi connectivity index (χ0n) is 16.3. The van der Waals surface area contributed by atoms with Crippen LogP contribution in [0.4, 0.5) is 11.4 Å². The molecule has 0 saturated carbocycles. The molecule has 1 aromatic heterocycles. The number of amides is 2. The predicted molar refractivity (Wildman–Crippen MR) is 125 cm³/mol. The number of benzene rings is 2. The lowest BCUT2D eigenvalue weighted by Crippen LogP contribution is -2.38. The van der Waals surface area contributed by atoms with E-state index in [0.717, 1.165) is 52.3 Å². The molecule has 3 aromatic rings. The monoisotopic (exact) mass is 439 g/mol. The second-order valence-electron chi connectivity index (χ2n) is 7.28. The molecule has 0 atom stereocenters. The van der Waals surface area contributed by atoms with Crippen molar-refractivity contribution < 1.29 is 9.59 Å². The first-order valence-corrected chi connectivity index (χ1v) is 11.0. The van der Waals surface area contributed by atoms with Crippen molar-refractivity contribution in [2.45, 2.75) is 12.8 Å². The Labute approximate surface area is 184 Å². The minimum Gasteiger partial charge on any atom is -0.370 e. The van der Waals surface area contributed by atoms with Gasteiger partial charge < -0.3 is 16.0 Å². The van der Waals surface area contributed by atoms with Crippen LogP contribution < -0.4 is 16.0 Å². The highest BCUT2D eigenvalue weighted by Gasteiger charge is 2.24. The molecule has 2 heterocycles. The van der Waals surface area contributed by atoms with Crippen molar-refractivity contribution in [3.05, 3.63) is 64.5 Å². The van der Waals surface area contributed by atoms with E-state index in [4.69, 9.17) is 17.3 Å². The van der Waals surface area contributed by atoms with Gasteiger partial charge in [-0.05, 0) is 37.1 Å². The van der Waals surface area contributed by atoms with Gasteiger partial charge in [0.2, 0.25) is 11.8 Å². The standard InChI is InChI=1S/C23H22ClN3O2S/c24-22-16-5-1-4-8-19(16)30-20(22)9-10-21(28)26-17-6-2-3-7-18(17)27-13-11-15(12-14-27)23(25)29/h1-10,15H,11-14H2,(H2,25,29)(H,26,28)/b10-9+. The number of carbonyl (C=O) groups is 2. The second-order valence-corrected chi connectivity index (χ2v) is 8.74. The van der Waals surface area contributed by atoms with Crippen molar-refractivity contribution in [2.24, 2.45) is 11.7 Å². The van der Waals surface area contributed by atoms with Gasteiger partial charge in [0.25, 0.3) is 0 Å². The van der Waals surface area contributed by atoms with Crippen LogP contribution in [0.15, 0.2) is 54.6 Å². The van der Waals surface area contributed by atoms with Gasteiger partial charge >= 0.3 is 0 Å². The summed E-state index contributed by atoms with van der Waals surface area (Å²) in [5.74, 6) is -0.527. The normalized spacial score (nSPS) is 15.0. The van der Waals surface area contributed by atoms with Crippen molar-refractivity contribution in [3.8, 4) is 0 Å². The topological polar surface area (TPSA) is 75.4 Å². The van der Waals surface area contributed by atoms with Gasteiger partial charge in [0.05, 0.1) is 16.4 Å². The van der Waals surface area contributed by atoms with Crippen molar-refractivity contribution in [3.63, 3.8) is 0 Å². The van der Waals surface area contributed by atoms with Gasteiger partial charge in [0.15, 0.2) is 0 Å². The van der Waals surface area contributed by atoms with E-state index in [2.05, 4.69) is 10.2 Å². The van der Waals surface area contributed by atoms with E-state index in [9.17, 15) is 9.59 Å². The molecule has 0 unspecified atom stereocenters. The van der Waals surface area contributed by atoms with Gasteiger partial charge in [-0.1, -0.05) is 41.9 Å². The van der Waals surface area contributed by atoms with Crippen molar-refractivity contribution in [1.82, 2.24) is 0 Å². The maximum absolute atomic E-state index is 12.6. The fraction of sp³-hybridized carbons (Fsp3) is 0.217. The Bertz CT molecular complexity index is 1120. The largest absolute Gasteiger partial charge is 0.370 e. The molecule has 0 aliphatic carbocycles. The third-order valence-corrected chi connectivity index (χ3v) is 7.00. The summed E-state index contributed by atoms with van der Waals surface area (Å²) < 4.78 is 1.09. The number of nitrogens with zero attached hydrogens (tertiary/aromatic N) is 1. The average Bonchev–Trinajstić information content (AvgIpc) is 3.08. The van der Waals surface area contributed by atoms with E-state index in [1.165, 1.54) is 6.08 Å². The Morgan fingerprint density at radius 2 is 1.80 bits per heavy atom. The predicted octanol–water partition coefficient (Wildman–Crippen LogP) is 4.91.